The summed E-state index contributed by atoms with van der Waals surface area (Å²) in [7, 11) is 0. The Kier molecular flexibility index (Phi) is 12.7. The van der Waals surface area contributed by atoms with Gasteiger partial charge < -0.3 is 35.2 Å². The Balaban J connectivity index is 1.24. The molecule has 4 aromatic rings. The van der Waals surface area contributed by atoms with Crippen molar-refractivity contribution in [3.05, 3.63) is 123 Å². The van der Waals surface area contributed by atoms with Crippen LogP contribution in [0.25, 0.3) is 0 Å². The summed E-state index contributed by atoms with van der Waals surface area (Å²) in [6, 6.07) is 19.5. The van der Waals surface area contributed by atoms with Gasteiger partial charge in [-0.3, -0.25) is 4.79 Å². The maximum Gasteiger partial charge on any atom is 0.387 e. The number of nitrogens with zero attached hydrogens (tertiary/aromatic N) is 1. The lowest BCUT2D eigenvalue weighted by Gasteiger charge is -2.21. The third kappa shape index (κ3) is 10.7. The topological polar surface area (TPSA) is 133 Å². The van der Waals surface area contributed by atoms with E-state index in [4.69, 9.17) is 32.7 Å². The number of hydrogen-bond donors (Lipinski definition) is 3. The van der Waals surface area contributed by atoms with E-state index in [2.05, 4.69) is 15.4 Å². The molecule has 0 spiro atoms. The lowest BCUT2D eigenvalue weighted by molar-refractivity contribution is -0.605. The van der Waals surface area contributed by atoms with Gasteiger partial charge in [-0.15, -0.1) is 0 Å². The summed E-state index contributed by atoms with van der Waals surface area (Å²) >= 11 is 12.7. The van der Waals surface area contributed by atoms with Crippen LogP contribution < -0.4 is 24.8 Å². The van der Waals surface area contributed by atoms with Gasteiger partial charge in [0.15, 0.2) is 29.9 Å². The van der Waals surface area contributed by atoms with Gasteiger partial charge in [0.2, 0.25) is 0 Å². The highest BCUT2D eigenvalue weighted by molar-refractivity contribution is 6.35. The Bertz CT molecular complexity index is 1760. The monoisotopic (exact) mass is 729 g/mol. The summed E-state index contributed by atoms with van der Waals surface area (Å²) in [4.78, 5) is 25.1. The summed E-state index contributed by atoms with van der Waals surface area (Å²) in [6.07, 6.45) is 3.19. The number of carboxylic acids is 1. The summed E-state index contributed by atoms with van der Waals surface area (Å²) in [5, 5.41) is 28.0. The number of nitrogens with one attached hydrogen (secondary N) is 2. The fourth-order valence-corrected chi connectivity index (χ4v) is 5.77. The van der Waals surface area contributed by atoms with Crippen LogP contribution >= 0.6 is 23.2 Å². The molecule has 0 saturated heterocycles. The zero-order valence-corrected chi connectivity index (χ0v) is 28.2. The van der Waals surface area contributed by atoms with Crippen molar-refractivity contribution in [3.8, 4) is 11.5 Å². The maximum atomic E-state index is 13.1. The van der Waals surface area contributed by atoms with E-state index >= 15 is 0 Å². The lowest BCUT2D eigenvalue weighted by atomic mass is 10.0. The molecule has 14 heteroatoms. The molecule has 264 valence electrons. The minimum Gasteiger partial charge on any atom is -0.619 e. The minimum absolute atomic E-state index is 0.0189. The molecule has 50 heavy (non-hydrogen) atoms. The molecule has 3 aromatic carbocycles. The first-order valence-electron chi connectivity index (χ1n) is 15.9. The van der Waals surface area contributed by atoms with Crippen molar-refractivity contribution in [1.29, 1.82) is 0 Å². The molecular weight excluding hydrogens is 695 g/mol. The number of carbonyl (C=O) groups is 2. The third-order valence-electron chi connectivity index (χ3n) is 7.90. The van der Waals surface area contributed by atoms with Gasteiger partial charge in [-0.1, -0.05) is 71.7 Å². The second kappa shape index (κ2) is 17.3. The van der Waals surface area contributed by atoms with Gasteiger partial charge in [0.1, 0.15) is 16.1 Å². The van der Waals surface area contributed by atoms with Crippen LogP contribution in [0.1, 0.15) is 53.7 Å². The van der Waals surface area contributed by atoms with Crippen LogP contribution in [0.15, 0.2) is 85.2 Å². The number of benzene rings is 3. The average Bonchev–Trinajstić information content (AvgIpc) is 3.91. The number of aliphatic carboxylic acids is 1. The van der Waals surface area contributed by atoms with Crippen LogP contribution in [0.5, 0.6) is 11.5 Å². The number of carboxylic acid groups (broad SMARTS) is 1. The fraction of sp³-hybridized carbons (Fsp3) is 0.306. The summed E-state index contributed by atoms with van der Waals surface area (Å²) < 4.78 is 43.1. The van der Waals surface area contributed by atoms with Crippen molar-refractivity contribution < 1.29 is 42.4 Å². The smallest absolute Gasteiger partial charge is 0.387 e. The molecule has 1 unspecified atom stereocenters. The van der Waals surface area contributed by atoms with Crippen molar-refractivity contribution >= 4 is 40.8 Å². The van der Waals surface area contributed by atoms with Gasteiger partial charge >= 0.3 is 18.6 Å². The van der Waals surface area contributed by atoms with E-state index in [1.165, 1.54) is 18.2 Å². The van der Waals surface area contributed by atoms with Crippen molar-refractivity contribution in [2.45, 2.75) is 51.0 Å². The zero-order chi connectivity index (χ0) is 35.6. The van der Waals surface area contributed by atoms with Crippen LogP contribution in [0.2, 0.25) is 10.0 Å². The molecule has 1 saturated carbocycles. The third-order valence-corrected chi connectivity index (χ3v) is 8.55. The number of alkyl halides is 2. The number of halogens is 4. The number of pyridine rings is 1. The summed E-state index contributed by atoms with van der Waals surface area (Å²) in [5.74, 6) is -1.33. The molecule has 5 rings (SSSR count). The highest BCUT2D eigenvalue weighted by Crippen LogP contribution is 2.38. The van der Waals surface area contributed by atoms with Crippen molar-refractivity contribution in [1.82, 2.24) is 5.32 Å². The van der Waals surface area contributed by atoms with Crippen LogP contribution in [-0.4, -0.2) is 36.8 Å². The molecule has 2 atom stereocenters. The molecule has 10 nitrogen and oxygen atoms in total. The Morgan fingerprint density at radius 1 is 0.960 bits per heavy atom. The first kappa shape index (κ1) is 36.6. The number of anilines is 1. The van der Waals surface area contributed by atoms with E-state index in [1.807, 2.05) is 18.2 Å². The summed E-state index contributed by atoms with van der Waals surface area (Å²) in [6.45, 7) is -2.12. The predicted molar refractivity (Wildman–Crippen MR) is 182 cm³/mol. The Labute approximate surface area is 297 Å². The molecular formula is C36H35Cl2F2N3O7. The van der Waals surface area contributed by atoms with Crippen molar-refractivity contribution in [3.63, 3.8) is 0 Å². The van der Waals surface area contributed by atoms with Crippen molar-refractivity contribution in [2.75, 3.05) is 18.5 Å². The maximum absolute atomic E-state index is 13.1. The van der Waals surface area contributed by atoms with Gasteiger partial charge in [-0.2, -0.15) is 13.5 Å². The van der Waals surface area contributed by atoms with E-state index in [0.717, 1.165) is 30.8 Å². The molecule has 1 aliphatic carbocycles. The molecule has 1 aliphatic rings. The Hall–Kier alpha value is -4.65. The zero-order valence-electron chi connectivity index (χ0n) is 26.7. The molecule has 1 heterocycles. The number of aromatic nitrogens is 1. The van der Waals surface area contributed by atoms with E-state index in [-0.39, 0.29) is 40.9 Å². The quantitative estimate of drug-likeness (QED) is 0.0419. The van der Waals surface area contributed by atoms with Gasteiger partial charge in [0.05, 0.1) is 13.0 Å². The molecule has 1 aromatic heterocycles. The average molecular weight is 731 g/mol. The van der Waals surface area contributed by atoms with E-state index in [0.29, 0.717) is 46.2 Å². The molecule has 0 aliphatic heterocycles. The molecule has 0 amide bonds. The lowest BCUT2D eigenvalue weighted by Crippen LogP contribution is -2.26. The Morgan fingerprint density at radius 3 is 2.38 bits per heavy atom. The van der Waals surface area contributed by atoms with E-state index in [9.17, 15) is 28.7 Å². The Morgan fingerprint density at radius 2 is 1.70 bits per heavy atom. The molecule has 0 radical (unpaired) electrons. The van der Waals surface area contributed by atoms with Crippen LogP contribution in [0.3, 0.4) is 0 Å². The highest BCUT2D eigenvalue weighted by Gasteiger charge is 2.26. The van der Waals surface area contributed by atoms with Gasteiger partial charge in [-0.25, -0.2) is 4.79 Å². The second-order valence-corrected chi connectivity index (χ2v) is 12.6. The van der Waals surface area contributed by atoms with Crippen LogP contribution in [0.4, 0.5) is 14.5 Å². The van der Waals surface area contributed by atoms with E-state index < -0.39 is 30.7 Å². The number of ether oxygens (including phenoxy) is 3. The molecule has 3 N–H and O–H groups in total. The highest BCUT2D eigenvalue weighted by atomic mass is 35.5. The number of carbonyl (C=O) groups excluding carboxylic acids is 1. The van der Waals surface area contributed by atoms with Gasteiger partial charge in [-0.05, 0) is 59.7 Å². The molecule has 1 fully saturated rings. The van der Waals surface area contributed by atoms with Gasteiger partial charge in [0, 0.05) is 30.8 Å². The first-order chi connectivity index (χ1) is 24.0. The second-order valence-electron chi connectivity index (χ2n) is 11.8. The first-order valence-corrected chi connectivity index (χ1v) is 16.6. The van der Waals surface area contributed by atoms with Gasteiger partial charge in [0.25, 0.3) is 0 Å². The standard InChI is InChI=1S/C36H35Cl2F2N3O7/c37-28-19-43(47)20-29(38)27(28)17-31(25-11-12-30(50-36(39)40)32(16-25)48-21-22-9-10-22)49-33(44)13-14-41-18-23-5-4-8-26(15-23)42-34(35(45)46)24-6-2-1-3-7-24/h1-8,11-12,15-16,19-20,22,31,34,36,41-42H,9-10,13-14,17-18,21H2,(H,45,46)/t31-,34?/m0/s1. The van der Waals surface area contributed by atoms with E-state index in [1.54, 1.807) is 36.4 Å². The fourth-order valence-electron chi connectivity index (χ4n) is 5.17. The summed E-state index contributed by atoms with van der Waals surface area (Å²) in [5.41, 5.74) is 2.87. The SMILES string of the molecule is O=C(CCNCc1cccc(NC(C(=O)O)c2ccccc2)c1)O[C@@H](Cc1c(Cl)c[n+]([O-])cc1Cl)c1ccc(OC(F)F)c(OCC2CC2)c1. The molecule has 0 bridgehead atoms. The predicted octanol–water partition coefficient (Wildman–Crippen LogP) is 7.26. The normalized spacial score (nSPS) is 13.8. The largest absolute Gasteiger partial charge is 0.619 e. The van der Waals surface area contributed by atoms with Crippen LogP contribution in [0, 0.1) is 11.1 Å². The number of rotatable bonds is 18. The van der Waals surface area contributed by atoms with Crippen molar-refractivity contribution in [2.24, 2.45) is 5.92 Å². The number of esters is 1. The minimum atomic E-state index is -3.07. The number of hydrogen-bond acceptors (Lipinski definition) is 8. The van der Waals surface area contributed by atoms with Crippen LogP contribution in [-0.2, 0) is 27.3 Å².